The van der Waals surface area contributed by atoms with Crippen molar-refractivity contribution in [3.8, 4) is 5.75 Å². The number of carbonyl (C=O) groups is 1. The summed E-state index contributed by atoms with van der Waals surface area (Å²) in [5.41, 5.74) is 1.36. The minimum absolute atomic E-state index is 0.111. The second-order valence-corrected chi connectivity index (χ2v) is 8.11. The van der Waals surface area contributed by atoms with E-state index in [9.17, 15) is 9.59 Å². The Bertz CT molecular complexity index is 1130. The zero-order chi connectivity index (χ0) is 22.5. The fourth-order valence-electron chi connectivity index (χ4n) is 4.17. The summed E-state index contributed by atoms with van der Waals surface area (Å²) in [6.45, 7) is 5.35. The van der Waals surface area contributed by atoms with Crippen molar-refractivity contribution in [1.29, 1.82) is 0 Å². The zero-order valence-corrected chi connectivity index (χ0v) is 18.8. The molecule has 1 amide bonds. The van der Waals surface area contributed by atoms with Crippen molar-refractivity contribution < 1.29 is 9.53 Å². The summed E-state index contributed by atoms with van der Waals surface area (Å²) in [5, 5.41) is 5.72. The van der Waals surface area contributed by atoms with Gasteiger partial charge in [-0.3, -0.25) is 9.59 Å². The molecular weight excluding hydrogens is 404 g/mol. The molecule has 0 unspecified atom stereocenters. The van der Waals surface area contributed by atoms with E-state index < -0.39 is 0 Å². The van der Waals surface area contributed by atoms with Crippen molar-refractivity contribution in [2.45, 2.75) is 32.7 Å². The van der Waals surface area contributed by atoms with Gasteiger partial charge in [0, 0.05) is 43.8 Å². The SMILES string of the molecule is CCCCCn1nc(C(=O)N2CCN(c3ccc(OC)cc3)CC2)c2ccccc2c1=O. The zero-order valence-electron chi connectivity index (χ0n) is 18.8. The molecule has 4 rings (SSSR count). The Hall–Kier alpha value is -3.35. The van der Waals surface area contributed by atoms with Crippen LogP contribution in [0.5, 0.6) is 5.75 Å². The molecule has 1 saturated heterocycles. The van der Waals surface area contributed by atoms with E-state index in [-0.39, 0.29) is 11.5 Å². The second kappa shape index (κ2) is 9.85. The summed E-state index contributed by atoms with van der Waals surface area (Å²) in [4.78, 5) is 30.4. The molecule has 0 radical (unpaired) electrons. The van der Waals surface area contributed by atoms with E-state index in [0.29, 0.717) is 36.1 Å². The quantitative estimate of drug-likeness (QED) is 0.532. The predicted octanol–water partition coefficient (Wildman–Crippen LogP) is 3.56. The number of carbonyl (C=O) groups excluding carboxylic acids is 1. The number of aromatic nitrogens is 2. The minimum Gasteiger partial charge on any atom is -0.497 e. The Kier molecular flexibility index (Phi) is 6.73. The summed E-state index contributed by atoms with van der Waals surface area (Å²) in [6.07, 6.45) is 2.96. The number of piperazine rings is 1. The van der Waals surface area contributed by atoms with Crippen LogP contribution in [-0.4, -0.2) is 53.9 Å². The van der Waals surface area contributed by atoms with E-state index >= 15 is 0 Å². The number of rotatable bonds is 7. The van der Waals surface area contributed by atoms with Gasteiger partial charge in [0.15, 0.2) is 5.69 Å². The van der Waals surface area contributed by atoms with Gasteiger partial charge in [-0.05, 0) is 36.8 Å². The fourth-order valence-corrected chi connectivity index (χ4v) is 4.17. The maximum Gasteiger partial charge on any atom is 0.275 e. The number of hydrogen-bond donors (Lipinski definition) is 0. The maximum absolute atomic E-state index is 13.4. The molecule has 0 N–H and O–H groups in total. The fraction of sp³-hybridized carbons (Fsp3) is 0.400. The highest BCUT2D eigenvalue weighted by Gasteiger charge is 2.26. The first kappa shape index (κ1) is 21.9. The van der Waals surface area contributed by atoms with E-state index in [1.807, 2.05) is 47.4 Å². The highest BCUT2D eigenvalue weighted by atomic mass is 16.5. The van der Waals surface area contributed by atoms with Gasteiger partial charge in [-0.2, -0.15) is 5.10 Å². The van der Waals surface area contributed by atoms with Crippen molar-refractivity contribution in [2.24, 2.45) is 0 Å². The minimum atomic E-state index is -0.127. The molecule has 1 fully saturated rings. The third-order valence-corrected chi connectivity index (χ3v) is 6.05. The Labute approximate surface area is 188 Å². The molecule has 0 atom stereocenters. The normalized spacial score (nSPS) is 14.1. The van der Waals surface area contributed by atoms with Crippen LogP contribution in [0.25, 0.3) is 10.8 Å². The highest BCUT2D eigenvalue weighted by Crippen LogP contribution is 2.22. The summed E-state index contributed by atoms with van der Waals surface area (Å²) in [6, 6.07) is 15.3. The number of amides is 1. The number of hydrogen-bond acceptors (Lipinski definition) is 5. The molecule has 0 spiro atoms. The lowest BCUT2D eigenvalue weighted by atomic mass is 10.1. The Morgan fingerprint density at radius 2 is 1.66 bits per heavy atom. The van der Waals surface area contributed by atoms with E-state index in [4.69, 9.17) is 4.74 Å². The van der Waals surface area contributed by atoms with Crippen LogP contribution < -0.4 is 15.2 Å². The summed E-state index contributed by atoms with van der Waals surface area (Å²) < 4.78 is 6.71. The third-order valence-electron chi connectivity index (χ3n) is 6.05. The van der Waals surface area contributed by atoms with Gasteiger partial charge >= 0.3 is 0 Å². The molecule has 7 heteroatoms. The number of methoxy groups -OCH3 is 1. The number of fused-ring (bicyclic) bond motifs is 1. The van der Waals surface area contributed by atoms with Gasteiger partial charge in [-0.25, -0.2) is 4.68 Å². The van der Waals surface area contributed by atoms with E-state index in [2.05, 4.69) is 16.9 Å². The average Bonchev–Trinajstić information content (AvgIpc) is 2.85. The van der Waals surface area contributed by atoms with Crippen LogP contribution in [0.1, 0.15) is 36.7 Å². The van der Waals surface area contributed by atoms with Crippen LogP contribution >= 0.6 is 0 Å². The molecule has 168 valence electrons. The van der Waals surface area contributed by atoms with Gasteiger partial charge in [0.25, 0.3) is 11.5 Å². The first-order chi connectivity index (χ1) is 15.6. The lowest BCUT2D eigenvalue weighted by molar-refractivity contribution is 0.0740. The second-order valence-electron chi connectivity index (χ2n) is 8.11. The first-order valence-electron chi connectivity index (χ1n) is 11.3. The number of anilines is 1. The van der Waals surface area contributed by atoms with Crippen molar-refractivity contribution in [1.82, 2.24) is 14.7 Å². The van der Waals surface area contributed by atoms with E-state index in [0.717, 1.165) is 43.8 Å². The molecule has 7 nitrogen and oxygen atoms in total. The van der Waals surface area contributed by atoms with Gasteiger partial charge in [0.1, 0.15) is 5.75 Å². The largest absolute Gasteiger partial charge is 0.497 e. The molecule has 1 aliphatic heterocycles. The number of benzene rings is 2. The van der Waals surface area contributed by atoms with E-state index in [1.165, 1.54) is 4.68 Å². The van der Waals surface area contributed by atoms with Crippen LogP contribution in [0.15, 0.2) is 53.3 Å². The maximum atomic E-state index is 13.4. The smallest absolute Gasteiger partial charge is 0.275 e. The van der Waals surface area contributed by atoms with Crippen molar-refractivity contribution in [2.75, 3.05) is 38.2 Å². The molecule has 2 heterocycles. The van der Waals surface area contributed by atoms with Crippen LogP contribution in [0.4, 0.5) is 5.69 Å². The van der Waals surface area contributed by atoms with Gasteiger partial charge in [-0.15, -0.1) is 0 Å². The monoisotopic (exact) mass is 434 g/mol. The molecule has 2 aromatic carbocycles. The third kappa shape index (κ3) is 4.47. The molecular formula is C25H30N4O3. The molecule has 1 aromatic heterocycles. The average molecular weight is 435 g/mol. The van der Waals surface area contributed by atoms with Gasteiger partial charge in [-0.1, -0.05) is 38.0 Å². The Balaban J connectivity index is 1.54. The topological polar surface area (TPSA) is 67.7 Å². The van der Waals surface area contributed by atoms with Crippen LogP contribution in [0.3, 0.4) is 0 Å². The molecule has 3 aromatic rings. The standard InChI is InChI=1S/C25H30N4O3/c1-3-4-7-14-29-24(30)22-9-6-5-8-21(22)23(26-29)25(31)28-17-15-27(16-18-28)19-10-12-20(32-2)13-11-19/h5-6,8-13H,3-4,7,14-18H2,1-2H3. The Morgan fingerprint density at radius 3 is 2.31 bits per heavy atom. The Morgan fingerprint density at radius 1 is 0.969 bits per heavy atom. The summed E-state index contributed by atoms with van der Waals surface area (Å²) >= 11 is 0. The van der Waals surface area contributed by atoms with Gasteiger partial charge in [0.2, 0.25) is 0 Å². The lowest BCUT2D eigenvalue weighted by Gasteiger charge is -2.36. The summed E-state index contributed by atoms with van der Waals surface area (Å²) in [5.74, 6) is 0.717. The first-order valence-corrected chi connectivity index (χ1v) is 11.3. The lowest BCUT2D eigenvalue weighted by Crippen LogP contribution is -2.49. The highest BCUT2D eigenvalue weighted by molar-refractivity contribution is 6.04. The number of unbranched alkanes of at least 4 members (excludes halogenated alkanes) is 2. The molecule has 0 saturated carbocycles. The van der Waals surface area contributed by atoms with Crippen molar-refractivity contribution >= 4 is 22.4 Å². The number of aryl methyl sites for hydroxylation is 1. The van der Waals surface area contributed by atoms with E-state index in [1.54, 1.807) is 13.2 Å². The van der Waals surface area contributed by atoms with Gasteiger partial charge in [0.05, 0.1) is 12.5 Å². The van der Waals surface area contributed by atoms with Crippen LogP contribution in [0, 0.1) is 0 Å². The molecule has 1 aliphatic rings. The van der Waals surface area contributed by atoms with Gasteiger partial charge < -0.3 is 14.5 Å². The summed E-state index contributed by atoms with van der Waals surface area (Å²) in [7, 11) is 1.66. The number of nitrogens with zero attached hydrogens (tertiary/aromatic N) is 4. The van der Waals surface area contributed by atoms with Crippen LogP contribution in [0.2, 0.25) is 0 Å². The molecule has 0 aliphatic carbocycles. The molecule has 32 heavy (non-hydrogen) atoms. The number of ether oxygens (including phenoxy) is 1. The predicted molar refractivity (Wildman–Crippen MR) is 127 cm³/mol. The van der Waals surface area contributed by atoms with Crippen molar-refractivity contribution in [3.05, 3.63) is 64.6 Å². The van der Waals surface area contributed by atoms with Crippen LogP contribution in [-0.2, 0) is 6.54 Å². The molecule has 0 bridgehead atoms. The van der Waals surface area contributed by atoms with Crippen molar-refractivity contribution in [3.63, 3.8) is 0 Å².